The van der Waals surface area contributed by atoms with Crippen molar-refractivity contribution < 1.29 is 14.3 Å². The Morgan fingerprint density at radius 2 is 2.12 bits per heavy atom. The Morgan fingerprint density at radius 3 is 2.71 bits per heavy atom. The van der Waals surface area contributed by atoms with Crippen LogP contribution in [0.3, 0.4) is 0 Å². The molecule has 2 N–H and O–H groups in total. The second-order valence-electron chi connectivity index (χ2n) is 3.87. The van der Waals surface area contributed by atoms with Crippen LogP contribution in [0, 0.1) is 0 Å². The van der Waals surface area contributed by atoms with E-state index in [-0.39, 0.29) is 0 Å². The molecule has 1 aliphatic heterocycles. The molecule has 5 heteroatoms. The standard InChI is InChI=1S/C12H16N2O3/c1-16-12-7-10(13)11(6-9(12)8-15)14-2-4-17-5-3-14/h6-8H,2-5,13H2,1H3. The first-order valence-corrected chi connectivity index (χ1v) is 5.51. The lowest BCUT2D eigenvalue weighted by molar-refractivity contribution is 0.112. The molecular weight excluding hydrogens is 220 g/mol. The number of nitrogens with zero attached hydrogens (tertiary/aromatic N) is 1. The van der Waals surface area contributed by atoms with E-state index < -0.39 is 0 Å². The SMILES string of the molecule is COc1cc(N)c(N2CCOCC2)cc1C=O. The average molecular weight is 236 g/mol. The molecule has 1 saturated heterocycles. The van der Waals surface area contributed by atoms with Gasteiger partial charge in [-0.25, -0.2) is 0 Å². The zero-order chi connectivity index (χ0) is 12.3. The molecule has 17 heavy (non-hydrogen) atoms. The highest BCUT2D eigenvalue weighted by Gasteiger charge is 2.16. The monoisotopic (exact) mass is 236 g/mol. The molecule has 0 atom stereocenters. The summed E-state index contributed by atoms with van der Waals surface area (Å²) < 4.78 is 10.4. The zero-order valence-corrected chi connectivity index (χ0v) is 9.81. The van der Waals surface area contributed by atoms with E-state index in [1.54, 1.807) is 12.1 Å². The van der Waals surface area contributed by atoms with Gasteiger partial charge in [0.1, 0.15) is 5.75 Å². The van der Waals surface area contributed by atoms with E-state index in [9.17, 15) is 4.79 Å². The van der Waals surface area contributed by atoms with E-state index in [1.165, 1.54) is 7.11 Å². The Bertz CT molecular complexity index is 414. The highest BCUT2D eigenvalue weighted by atomic mass is 16.5. The predicted octanol–water partition coefficient (Wildman–Crippen LogP) is 0.926. The Balaban J connectivity index is 2.35. The Hall–Kier alpha value is -1.75. The molecule has 0 spiro atoms. The lowest BCUT2D eigenvalue weighted by Gasteiger charge is -2.30. The van der Waals surface area contributed by atoms with Gasteiger partial charge < -0.3 is 20.1 Å². The van der Waals surface area contributed by atoms with Crippen LogP contribution in [-0.4, -0.2) is 39.7 Å². The zero-order valence-electron chi connectivity index (χ0n) is 9.81. The van der Waals surface area contributed by atoms with Crippen molar-refractivity contribution in [2.45, 2.75) is 0 Å². The van der Waals surface area contributed by atoms with Gasteiger partial charge in [-0.05, 0) is 6.07 Å². The van der Waals surface area contributed by atoms with E-state index in [4.69, 9.17) is 15.2 Å². The fraction of sp³-hybridized carbons (Fsp3) is 0.417. The third kappa shape index (κ3) is 2.34. The molecule has 1 heterocycles. The Kier molecular flexibility index (Phi) is 3.49. The van der Waals surface area contributed by atoms with Gasteiger partial charge in [0, 0.05) is 19.2 Å². The number of benzene rings is 1. The van der Waals surface area contributed by atoms with Crippen LogP contribution < -0.4 is 15.4 Å². The van der Waals surface area contributed by atoms with E-state index in [1.807, 2.05) is 0 Å². The number of aldehydes is 1. The van der Waals surface area contributed by atoms with E-state index >= 15 is 0 Å². The first-order chi connectivity index (χ1) is 8.26. The summed E-state index contributed by atoms with van der Waals surface area (Å²) in [6, 6.07) is 3.46. The summed E-state index contributed by atoms with van der Waals surface area (Å²) in [6.07, 6.45) is 0.780. The summed E-state index contributed by atoms with van der Waals surface area (Å²) in [5, 5.41) is 0. The number of hydrogen-bond donors (Lipinski definition) is 1. The van der Waals surface area contributed by atoms with Gasteiger partial charge in [-0.15, -0.1) is 0 Å². The third-order valence-corrected chi connectivity index (χ3v) is 2.86. The van der Waals surface area contributed by atoms with Gasteiger partial charge in [-0.1, -0.05) is 0 Å². The van der Waals surface area contributed by atoms with Gasteiger partial charge in [0.2, 0.25) is 0 Å². The molecule has 0 aliphatic carbocycles. The number of anilines is 2. The number of methoxy groups -OCH3 is 1. The molecule has 1 fully saturated rings. The van der Waals surface area contributed by atoms with Crippen LogP contribution in [0.4, 0.5) is 11.4 Å². The maximum atomic E-state index is 11.0. The van der Waals surface area contributed by atoms with Crippen LogP contribution in [0.1, 0.15) is 10.4 Å². The van der Waals surface area contributed by atoms with Crippen molar-refractivity contribution in [2.75, 3.05) is 44.0 Å². The number of carbonyl (C=O) groups is 1. The molecule has 1 aromatic carbocycles. The molecule has 0 amide bonds. The lowest BCUT2D eigenvalue weighted by atomic mass is 10.1. The number of rotatable bonds is 3. The number of nitrogens with two attached hydrogens (primary N) is 1. The normalized spacial score (nSPS) is 15.7. The van der Waals surface area contributed by atoms with Gasteiger partial charge in [-0.3, -0.25) is 4.79 Å². The number of ether oxygens (including phenoxy) is 2. The van der Waals surface area contributed by atoms with Gasteiger partial charge in [0.05, 0.1) is 37.3 Å². The van der Waals surface area contributed by atoms with E-state index in [2.05, 4.69) is 4.90 Å². The molecule has 2 rings (SSSR count). The summed E-state index contributed by atoms with van der Waals surface area (Å²) in [7, 11) is 1.52. The van der Waals surface area contributed by atoms with Crippen LogP contribution in [0.15, 0.2) is 12.1 Å². The maximum Gasteiger partial charge on any atom is 0.153 e. The summed E-state index contributed by atoms with van der Waals surface area (Å²) in [6.45, 7) is 2.94. The summed E-state index contributed by atoms with van der Waals surface area (Å²) in [5.41, 5.74) is 7.98. The molecule has 5 nitrogen and oxygen atoms in total. The van der Waals surface area contributed by atoms with Crippen LogP contribution >= 0.6 is 0 Å². The molecule has 0 bridgehead atoms. The molecule has 0 saturated carbocycles. The minimum Gasteiger partial charge on any atom is -0.496 e. The second kappa shape index (κ2) is 5.05. The Labute approximate surface area is 100 Å². The van der Waals surface area contributed by atoms with Crippen molar-refractivity contribution in [3.63, 3.8) is 0 Å². The van der Waals surface area contributed by atoms with Gasteiger partial charge in [-0.2, -0.15) is 0 Å². The van der Waals surface area contributed by atoms with Crippen LogP contribution in [0.2, 0.25) is 0 Å². The van der Waals surface area contributed by atoms with Gasteiger partial charge in [0.15, 0.2) is 6.29 Å². The maximum absolute atomic E-state index is 11.0. The van der Waals surface area contributed by atoms with Gasteiger partial charge in [0.25, 0.3) is 0 Å². The Morgan fingerprint density at radius 1 is 1.41 bits per heavy atom. The minimum atomic E-state index is 0.509. The quantitative estimate of drug-likeness (QED) is 0.624. The van der Waals surface area contributed by atoms with Gasteiger partial charge >= 0.3 is 0 Å². The van der Waals surface area contributed by atoms with Crippen LogP contribution in [0.25, 0.3) is 0 Å². The summed E-state index contributed by atoms with van der Waals surface area (Å²) in [4.78, 5) is 13.1. The molecule has 0 aromatic heterocycles. The van der Waals surface area contributed by atoms with Crippen molar-refractivity contribution in [3.05, 3.63) is 17.7 Å². The predicted molar refractivity (Wildman–Crippen MR) is 65.8 cm³/mol. The molecule has 1 aromatic rings. The molecule has 0 radical (unpaired) electrons. The van der Waals surface area contributed by atoms with Crippen molar-refractivity contribution >= 4 is 17.7 Å². The first-order valence-electron chi connectivity index (χ1n) is 5.51. The highest BCUT2D eigenvalue weighted by Crippen LogP contribution is 2.31. The van der Waals surface area contributed by atoms with Crippen molar-refractivity contribution in [3.8, 4) is 5.75 Å². The van der Waals surface area contributed by atoms with E-state index in [0.717, 1.165) is 25.1 Å². The number of carbonyl (C=O) groups excluding carboxylic acids is 1. The minimum absolute atomic E-state index is 0.509. The van der Waals surface area contributed by atoms with E-state index in [0.29, 0.717) is 30.2 Å². The summed E-state index contributed by atoms with van der Waals surface area (Å²) >= 11 is 0. The molecular formula is C12H16N2O3. The summed E-state index contributed by atoms with van der Waals surface area (Å²) in [5.74, 6) is 0.509. The molecule has 1 aliphatic rings. The number of morpholine rings is 1. The topological polar surface area (TPSA) is 64.8 Å². The van der Waals surface area contributed by atoms with Crippen molar-refractivity contribution in [1.82, 2.24) is 0 Å². The first kappa shape index (κ1) is 11.7. The van der Waals surface area contributed by atoms with Crippen LogP contribution in [0.5, 0.6) is 5.75 Å². The highest BCUT2D eigenvalue weighted by molar-refractivity contribution is 5.85. The number of hydrogen-bond acceptors (Lipinski definition) is 5. The molecule has 92 valence electrons. The smallest absolute Gasteiger partial charge is 0.153 e. The third-order valence-electron chi connectivity index (χ3n) is 2.86. The average Bonchev–Trinajstić information content (AvgIpc) is 2.39. The molecule has 0 unspecified atom stereocenters. The lowest BCUT2D eigenvalue weighted by Crippen LogP contribution is -2.36. The van der Waals surface area contributed by atoms with Crippen molar-refractivity contribution in [1.29, 1.82) is 0 Å². The van der Waals surface area contributed by atoms with Crippen molar-refractivity contribution in [2.24, 2.45) is 0 Å². The number of nitrogen functional groups attached to an aromatic ring is 1. The largest absolute Gasteiger partial charge is 0.496 e. The fourth-order valence-electron chi connectivity index (χ4n) is 1.95. The second-order valence-corrected chi connectivity index (χ2v) is 3.87. The van der Waals surface area contributed by atoms with Crippen LogP contribution in [-0.2, 0) is 4.74 Å². The fourth-order valence-corrected chi connectivity index (χ4v) is 1.95.